The Hall–Kier alpha value is -1.21. The molecule has 2 aromatic rings. The van der Waals surface area contributed by atoms with Gasteiger partial charge in [0.25, 0.3) is 0 Å². The first-order valence-electron chi connectivity index (χ1n) is 4.09. The fraction of sp³-hybridized carbons (Fsp3) is 0.0909. The van der Waals surface area contributed by atoms with Gasteiger partial charge >= 0.3 is 0 Å². The van der Waals surface area contributed by atoms with Crippen LogP contribution in [0.4, 0.5) is 5.69 Å². The molecule has 0 saturated carbocycles. The summed E-state index contributed by atoms with van der Waals surface area (Å²) in [6.45, 7) is 0. The van der Waals surface area contributed by atoms with Crippen molar-refractivity contribution < 1.29 is 0 Å². The number of hydrogen-bond donors (Lipinski definition) is 1. The summed E-state index contributed by atoms with van der Waals surface area (Å²) in [6, 6.07) is 12.7. The van der Waals surface area contributed by atoms with Crippen LogP contribution in [0.15, 0.2) is 30.3 Å². The molecule has 1 radical (unpaired) electrons. The van der Waals surface area contributed by atoms with Crippen LogP contribution in [0.1, 0.15) is 0 Å². The Labute approximate surface area is 82.3 Å². The molecular weight excluding hydrogens is 182 g/mol. The number of anilines is 1. The summed E-state index contributed by atoms with van der Waals surface area (Å²) in [5.41, 5.74) is 1.08. The van der Waals surface area contributed by atoms with Gasteiger partial charge in [-0.3, -0.25) is 0 Å². The molecule has 2 heteroatoms. The van der Waals surface area contributed by atoms with Crippen LogP contribution in [0, 0.1) is 6.07 Å². The first kappa shape index (κ1) is 8.39. The first-order chi connectivity index (χ1) is 6.33. The normalized spacial score (nSPS) is 10.3. The smallest absolute Gasteiger partial charge is 0.0491 e. The standard InChI is InChI=1S/C11H9ClN/c1-13-11-7-3-4-8-9(11)5-2-6-10(8)12/h3-7,13H,1H3. The van der Waals surface area contributed by atoms with Gasteiger partial charge in [0.2, 0.25) is 0 Å². The minimum Gasteiger partial charge on any atom is -0.388 e. The molecular formula is C11H9ClN. The SMILES string of the molecule is CNc1cccc2c(Cl)c[c]cc12. The van der Waals surface area contributed by atoms with E-state index in [9.17, 15) is 0 Å². The topological polar surface area (TPSA) is 12.0 Å². The van der Waals surface area contributed by atoms with Crippen LogP contribution in [0.3, 0.4) is 0 Å². The molecule has 0 saturated heterocycles. The summed E-state index contributed by atoms with van der Waals surface area (Å²) in [6.07, 6.45) is 0. The Morgan fingerprint density at radius 1 is 1.23 bits per heavy atom. The van der Waals surface area contributed by atoms with Gasteiger partial charge in [-0.2, -0.15) is 0 Å². The average Bonchev–Trinajstić information content (AvgIpc) is 2.18. The van der Waals surface area contributed by atoms with Crippen molar-refractivity contribution in [1.29, 1.82) is 0 Å². The Kier molecular flexibility index (Phi) is 2.11. The second-order valence-corrected chi connectivity index (χ2v) is 3.23. The van der Waals surface area contributed by atoms with E-state index < -0.39 is 0 Å². The summed E-state index contributed by atoms with van der Waals surface area (Å²) in [5, 5.41) is 6.03. The van der Waals surface area contributed by atoms with E-state index in [0.717, 1.165) is 21.5 Å². The molecule has 0 heterocycles. The number of rotatable bonds is 1. The van der Waals surface area contributed by atoms with Gasteiger partial charge in [0.1, 0.15) is 0 Å². The predicted octanol–water partition coefficient (Wildman–Crippen LogP) is 3.34. The molecule has 1 N–H and O–H groups in total. The number of benzene rings is 2. The van der Waals surface area contributed by atoms with E-state index in [-0.39, 0.29) is 0 Å². The fourth-order valence-electron chi connectivity index (χ4n) is 1.42. The van der Waals surface area contributed by atoms with Crippen LogP contribution in [0.25, 0.3) is 10.8 Å². The van der Waals surface area contributed by atoms with Crippen LogP contribution in [-0.2, 0) is 0 Å². The largest absolute Gasteiger partial charge is 0.388 e. The van der Waals surface area contributed by atoms with Crippen LogP contribution < -0.4 is 5.32 Å². The maximum absolute atomic E-state index is 6.03. The van der Waals surface area contributed by atoms with Crippen LogP contribution in [0.2, 0.25) is 5.02 Å². The summed E-state index contributed by atoms with van der Waals surface area (Å²) < 4.78 is 0. The molecule has 0 spiro atoms. The van der Waals surface area contributed by atoms with Crippen LogP contribution in [0.5, 0.6) is 0 Å². The molecule has 0 amide bonds. The lowest BCUT2D eigenvalue weighted by molar-refractivity contribution is 1.54. The van der Waals surface area contributed by atoms with Gasteiger partial charge in [0, 0.05) is 28.5 Å². The van der Waals surface area contributed by atoms with Gasteiger partial charge in [-0.25, -0.2) is 0 Å². The average molecular weight is 191 g/mol. The third-order valence-electron chi connectivity index (χ3n) is 2.07. The molecule has 0 aliphatic carbocycles. The highest BCUT2D eigenvalue weighted by Gasteiger charge is 2.00. The molecule has 1 nitrogen and oxygen atoms in total. The third kappa shape index (κ3) is 1.36. The van der Waals surface area contributed by atoms with E-state index in [4.69, 9.17) is 11.6 Å². The Morgan fingerprint density at radius 2 is 2.08 bits per heavy atom. The maximum Gasteiger partial charge on any atom is 0.0491 e. The molecule has 0 aliphatic heterocycles. The van der Waals surface area contributed by atoms with E-state index in [2.05, 4.69) is 11.4 Å². The Balaban J connectivity index is 2.84. The second kappa shape index (κ2) is 3.27. The van der Waals surface area contributed by atoms with Crippen molar-refractivity contribution in [2.45, 2.75) is 0 Å². The monoisotopic (exact) mass is 190 g/mol. The van der Waals surface area contributed by atoms with Crippen LogP contribution >= 0.6 is 11.6 Å². The van der Waals surface area contributed by atoms with Crippen molar-refractivity contribution in [3.63, 3.8) is 0 Å². The van der Waals surface area contributed by atoms with Crippen molar-refractivity contribution in [3.05, 3.63) is 41.4 Å². The third-order valence-corrected chi connectivity index (χ3v) is 2.38. The molecule has 0 aromatic heterocycles. The molecule has 0 aliphatic rings. The van der Waals surface area contributed by atoms with Gasteiger partial charge in [0.05, 0.1) is 0 Å². The molecule has 2 aromatic carbocycles. The summed E-state index contributed by atoms with van der Waals surface area (Å²) in [4.78, 5) is 0. The Morgan fingerprint density at radius 3 is 2.85 bits per heavy atom. The van der Waals surface area contributed by atoms with E-state index in [0.29, 0.717) is 0 Å². The van der Waals surface area contributed by atoms with Gasteiger partial charge < -0.3 is 5.32 Å². The first-order valence-corrected chi connectivity index (χ1v) is 4.47. The zero-order chi connectivity index (χ0) is 9.26. The highest BCUT2D eigenvalue weighted by atomic mass is 35.5. The molecule has 2 rings (SSSR count). The van der Waals surface area contributed by atoms with Gasteiger partial charge in [-0.1, -0.05) is 23.7 Å². The van der Waals surface area contributed by atoms with Crippen molar-refractivity contribution in [2.24, 2.45) is 0 Å². The highest BCUT2D eigenvalue weighted by Crippen LogP contribution is 2.28. The summed E-state index contributed by atoms with van der Waals surface area (Å²) in [5.74, 6) is 0. The second-order valence-electron chi connectivity index (χ2n) is 2.82. The lowest BCUT2D eigenvalue weighted by atomic mass is 10.1. The molecule has 65 valence electrons. The lowest BCUT2D eigenvalue weighted by Gasteiger charge is -2.05. The molecule has 0 fully saturated rings. The summed E-state index contributed by atoms with van der Waals surface area (Å²) in [7, 11) is 1.90. The van der Waals surface area contributed by atoms with E-state index in [1.807, 2.05) is 31.3 Å². The number of halogens is 1. The molecule has 0 atom stereocenters. The fourth-order valence-corrected chi connectivity index (χ4v) is 1.65. The number of hydrogen-bond acceptors (Lipinski definition) is 1. The van der Waals surface area contributed by atoms with E-state index in [1.54, 1.807) is 6.07 Å². The number of fused-ring (bicyclic) bond motifs is 1. The summed E-state index contributed by atoms with van der Waals surface area (Å²) >= 11 is 6.03. The molecule has 13 heavy (non-hydrogen) atoms. The Bertz CT molecular complexity index is 437. The highest BCUT2D eigenvalue weighted by molar-refractivity contribution is 6.35. The van der Waals surface area contributed by atoms with Crippen LogP contribution in [-0.4, -0.2) is 7.05 Å². The van der Waals surface area contributed by atoms with Crippen molar-refractivity contribution in [2.75, 3.05) is 12.4 Å². The van der Waals surface area contributed by atoms with Crippen molar-refractivity contribution >= 4 is 28.1 Å². The van der Waals surface area contributed by atoms with Gasteiger partial charge in [0.15, 0.2) is 0 Å². The molecule has 0 unspecified atom stereocenters. The predicted molar refractivity (Wildman–Crippen MR) is 57.3 cm³/mol. The van der Waals surface area contributed by atoms with E-state index >= 15 is 0 Å². The van der Waals surface area contributed by atoms with E-state index in [1.165, 1.54) is 0 Å². The van der Waals surface area contributed by atoms with Crippen molar-refractivity contribution in [3.8, 4) is 0 Å². The molecule has 0 bridgehead atoms. The zero-order valence-electron chi connectivity index (χ0n) is 7.26. The number of nitrogens with one attached hydrogen (secondary N) is 1. The van der Waals surface area contributed by atoms with Crippen molar-refractivity contribution in [1.82, 2.24) is 0 Å². The maximum atomic E-state index is 6.03. The minimum absolute atomic E-state index is 0.745. The quantitative estimate of drug-likeness (QED) is 0.728. The zero-order valence-corrected chi connectivity index (χ0v) is 8.02. The van der Waals surface area contributed by atoms with Gasteiger partial charge in [-0.15, -0.1) is 0 Å². The minimum atomic E-state index is 0.745. The lowest BCUT2D eigenvalue weighted by Crippen LogP contribution is -1.88. The van der Waals surface area contributed by atoms with Gasteiger partial charge in [-0.05, 0) is 24.3 Å².